The van der Waals surface area contributed by atoms with Crippen LogP contribution in [0, 0.1) is 0 Å². The lowest BCUT2D eigenvalue weighted by Crippen LogP contribution is -2.41. The third-order valence-corrected chi connectivity index (χ3v) is 2.99. The Hall–Kier alpha value is -1.82. The number of furan rings is 1. The van der Waals surface area contributed by atoms with E-state index < -0.39 is 5.97 Å². The molecule has 1 aromatic heterocycles. The minimum atomic E-state index is -0.878. The van der Waals surface area contributed by atoms with Crippen molar-refractivity contribution in [2.24, 2.45) is 0 Å². The first-order chi connectivity index (χ1) is 9.51. The summed E-state index contributed by atoms with van der Waals surface area (Å²) in [6.45, 7) is 4.83. The lowest BCUT2D eigenvalue weighted by molar-refractivity contribution is -0.138. The molecular weight excluding hydrogens is 260 g/mol. The zero-order chi connectivity index (χ0) is 15.0. The third-order valence-electron chi connectivity index (χ3n) is 2.99. The number of carboxylic acids is 1. The van der Waals surface area contributed by atoms with E-state index in [4.69, 9.17) is 9.52 Å². The van der Waals surface area contributed by atoms with Crippen molar-refractivity contribution in [3.8, 4) is 0 Å². The maximum absolute atomic E-state index is 11.9. The Morgan fingerprint density at radius 2 is 2.25 bits per heavy atom. The Balaban J connectivity index is 2.52. The molecule has 0 saturated heterocycles. The minimum absolute atomic E-state index is 0.00266. The molecule has 112 valence electrons. The SMILES string of the molecule is CCC(C)NC(=O)CN(CCC(=O)O)Cc1ccco1. The molecule has 1 aromatic rings. The first kappa shape index (κ1) is 16.2. The average Bonchev–Trinajstić information content (AvgIpc) is 2.88. The predicted molar refractivity (Wildman–Crippen MR) is 74.1 cm³/mol. The molecule has 0 saturated carbocycles. The second-order valence-corrected chi connectivity index (χ2v) is 4.81. The van der Waals surface area contributed by atoms with Crippen LogP contribution in [-0.4, -0.2) is 41.0 Å². The Morgan fingerprint density at radius 1 is 1.50 bits per heavy atom. The van der Waals surface area contributed by atoms with Gasteiger partial charge in [0, 0.05) is 12.6 Å². The van der Waals surface area contributed by atoms with Crippen molar-refractivity contribution in [1.29, 1.82) is 0 Å². The third kappa shape index (κ3) is 6.38. The van der Waals surface area contributed by atoms with E-state index >= 15 is 0 Å². The average molecular weight is 282 g/mol. The Labute approximate surface area is 118 Å². The maximum Gasteiger partial charge on any atom is 0.304 e. The summed E-state index contributed by atoms with van der Waals surface area (Å²) < 4.78 is 5.23. The zero-order valence-electron chi connectivity index (χ0n) is 12.0. The molecule has 0 radical (unpaired) electrons. The molecule has 20 heavy (non-hydrogen) atoms. The van der Waals surface area contributed by atoms with E-state index in [1.54, 1.807) is 23.3 Å². The van der Waals surface area contributed by atoms with Crippen LogP contribution in [0.15, 0.2) is 22.8 Å². The summed E-state index contributed by atoms with van der Waals surface area (Å²) in [5.74, 6) is -0.264. The molecule has 0 aromatic carbocycles. The number of aliphatic carboxylic acids is 1. The normalized spacial score (nSPS) is 12.3. The van der Waals surface area contributed by atoms with Gasteiger partial charge in [-0.05, 0) is 25.5 Å². The molecule has 1 unspecified atom stereocenters. The van der Waals surface area contributed by atoms with E-state index in [1.165, 1.54) is 0 Å². The monoisotopic (exact) mass is 282 g/mol. The van der Waals surface area contributed by atoms with Gasteiger partial charge in [0.05, 0.1) is 25.8 Å². The van der Waals surface area contributed by atoms with Crippen LogP contribution in [-0.2, 0) is 16.1 Å². The highest BCUT2D eigenvalue weighted by atomic mass is 16.4. The summed E-state index contributed by atoms with van der Waals surface area (Å²) in [6, 6.07) is 3.69. The second-order valence-electron chi connectivity index (χ2n) is 4.81. The van der Waals surface area contributed by atoms with Gasteiger partial charge in [-0.2, -0.15) is 0 Å². The first-order valence-electron chi connectivity index (χ1n) is 6.77. The number of hydrogen-bond acceptors (Lipinski definition) is 4. The van der Waals surface area contributed by atoms with Gasteiger partial charge in [0.15, 0.2) is 0 Å². The lowest BCUT2D eigenvalue weighted by atomic mass is 10.2. The van der Waals surface area contributed by atoms with Gasteiger partial charge in [-0.25, -0.2) is 0 Å². The van der Waals surface area contributed by atoms with Crippen LogP contribution < -0.4 is 5.32 Å². The van der Waals surface area contributed by atoms with Crippen molar-refractivity contribution in [1.82, 2.24) is 10.2 Å². The molecule has 0 bridgehead atoms. The number of carbonyl (C=O) groups excluding carboxylic acids is 1. The molecule has 6 nitrogen and oxygen atoms in total. The van der Waals surface area contributed by atoms with Gasteiger partial charge in [-0.1, -0.05) is 6.92 Å². The van der Waals surface area contributed by atoms with Crippen LogP contribution in [0.3, 0.4) is 0 Å². The van der Waals surface area contributed by atoms with Crippen molar-refractivity contribution in [2.75, 3.05) is 13.1 Å². The van der Waals surface area contributed by atoms with Crippen LogP contribution in [0.4, 0.5) is 0 Å². The number of nitrogens with zero attached hydrogens (tertiary/aromatic N) is 1. The van der Waals surface area contributed by atoms with Crippen LogP contribution in [0.1, 0.15) is 32.4 Å². The van der Waals surface area contributed by atoms with Crippen LogP contribution in [0.25, 0.3) is 0 Å². The zero-order valence-corrected chi connectivity index (χ0v) is 12.0. The van der Waals surface area contributed by atoms with E-state index in [9.17, 15) is 9.59 Å². The molecule has 1 rings (SSSR count). The molecule has 0 aliphatic carbocycles. The number of rotatable bonds is 9. The van der Waals surface area contributed by atoms with E-state index in [-0.39, 0.29) is 24.9 Å². The van der Waals surface area contributed by atoms with Crippen LogP contribution in [0.5, 0.6) is 0 Å². The molecule has 2 N–H and O–H groups in total. The summed E-state index contributed by atoms with van der Waals surface area (Å²) in [7, 11) is 0. The highest BCUT2D eigenvalue weighted by molar-refractivity contribution is 5.78. The summed E-state index contributed by atoms with van der Waals surface area (Å²) in [4.78, 5) is 24.3. The molecule has 1 heterocycles. The lowest BCUT2D eigenvalue weighted by Gasteiger charge is -2.21. The highest BCUT2D eigenvalue weighted by Crippen LogP contribution is 2.06. The van der Waals surface area contributed by atoms with Gasteiger partial charge in [0.25, 0.3) is 0 Å². The van der Waals surface area contributed by atoms with Crippen LogP contribution >= 0.6 is 0 Å². The van der Waals surface area contributed by atoms with Gasteiger partial charge in [-0.15, -0.1) is 0 Å². The number of carboxylic acid groups (broad SMARTS) is 1. The summed E-state index contributed by atoms with van der Waals surface area (Å²) >= 11 is 0. The van der Waals surface area contributed by atoms with Crippen molar-refractivity contribution < 1.29 is 19.1 Å². The topological polar surface area (TPSA) is 82.8 Å². The molecular formula is C14H22N2O4. The van der Waals surface area contributed by atoms with E-state index in [0.717, 1.165) is 6.42 Å². The van der Waals surface area contributed by atoms with Crippen molar-refractivity contribution in [2.45, 2.75) is 39.3 Å². The molecule has 0 aliphatic rings. The summed E-state index contributed by atoms with van der Waals surface area (Å²) in [6.07, 6.45) is 2.42. The fraction of sp³-hybridized carbons (Fsp3) is 0.571. The minimum Gasteiger partial charge on any atom is -0.481 e. The number of carbonyl (C=O) groups is 2. The molecule has 1 amide bonds. The summed E-state index contributed by atoms with van der Waals surface area (Å²) in [5.41, 5.74) is 0. The fourth-order valence-corrected chi connectivity index (χ4v) is 1.72. The molecule has 0 fully saturated rings. The summed E-state index contributed by atoms with van der Waals surface area (Å²) in [5, 5.41) is 11.6. The largest absolute Gasteiger partial charge is 0.481 e. The predicted octanol–water partition coefficient (Wildman–Crippen LogP) is 1.47. The molecule has 0 spiro atoms. The van der Waals surface area contributed by atoms with Gasteiger partial charge in [0.1, 0.15) is 5.76 Å². The number of hydrogen-bond donors (Lipinski definition) is 2. The van der Waals surface area contributed by atoms with Crippen LogP contribution in [0.2, 0.25) is 0 Å². The first-order valence-corrected chi connectivity index (χ1v) is 6.77. The number of amides is 1. The smallest absolute Gasteiger partial charge is 0.304 e. The van der Waals surface area contributed by atoms with E-state index in [0.29, 0.717) is 18.8 Å². The molecule has 6 heteroatoms. The van der Waals surface area contributed by atoms with Crippen molar-refractivity contribution in [3.63, 3.8) is 0 Å². The van der Waals surface area contributed by atoms with Gasteiger partial charge in [0.2, 0.25) is 5.91 Å². The second kappa shape index (κ2) is 8.37. The Morgan fingerprint density at radius 3 is 2.80 bits per heavy atom. The fourth-order valence-electron chi connectivity index (χ4n) is 1.72. The molecule has 1 atom stereocenters. The quantitative estimate of drug-likeness (QED) is 0.716. The highest BCUT2D eigenvalue weighted by Gasteiger charge is 2.15. The van der Waals surface area contributed by atoms with E-state index in [2.05, 4.69) is 5.32 Å². The maximum atomic E-state index is 11.9. The van der Waals surface area contributed by atoms with Crippen molar-refractivity contribution in [3.05, 3.63) is 24.2 Å². The van der Waals surface area contributed by atoms with Gasteiger partial charge in [-0.3, -0.25) is 14.5 Å². The molecule has 0 aliphatic heterocycles. The Kier molecular flexibility index (Phi) is 6.79. The van der Waals surface area contributed by atoms with Gasteiger partial charge >= 0.3 is 5.97 Å². The van der Waals surface area contributed by atoms with Gasteiger partial charge < -0.3 is 14.8 Å². The van der Waals surface area contributed by atoms with Crippen molar-refractivity contribution >= 4 is 11.9 Å². The standard InChI is InChI=1S/C14H22N2O4/c1-3-11(2)15-13(17)10-16(7-6-14(18)19)9-12-5-4-8-20-12/h4-5,8,11H,3,6-7,9-10H2,1-2H3,(H,15,17)(H,18,19). The number of nitrogens with one attached hydrogen (secondary N) is 1. The van der Waals surface area contributed by atoms with E-state index in [1.807, 2.05) is 13.8 Å². The Bertz CT molecular complexity index is 417.